The van der Waals surface area contributed by atoms with Gasteiger partial charge in [-0.1, -0.05) is 0 Å². The third-order valence-corrected chi connectivity index (χ3v) is 4.58. The van der Waals surface area contributed by atoms with Gasteiger partial charge in [0.1, 0.15) is 0 Å². The third-order valence-electron chi connectivity index (χ3n) is 4.58. The number of fused-ring (bicyclic) bond motifs is 1. The van der Waals surface area contributed by atoms with E-state index in [0.717, 1.165) is 37.5 Å². The molecule has 0 radical (unpaired) electrons. The second kappa shape index (κ2) is 3.21. The van der Waals surface area contributed by atoms with E-state index >= 15 is 0 Å². The number of carbonyl (C=O) groups is 1. The van der Waals surface area contributed by atoms with Crippen molar-refractivity contribution in [1.29, 1.82) is 0 Å². The molecule has 0 aromatic rings. The van der Waals surface area contributed by atoms with Gasteiger partial charge in [0.25, 0.3) is 0 Å². The summed E-state index contributed by atoms with van der Waals surface area (Å²) in [4.78, 5) is 11.8. The molecule has 3 nitrogen and oxygen atoms in total. The lowest BCUT2D eigenvalue weighted by molar-refractivity contribution is -0.125. The number of hydrogen-bond acceptors (Lipinski definition) is 2. The van der Waals surface area contributed by atoms with Crippen molar-refractivity contribution in [2.45, 2.75) is 44.1 Å². The summed E-state index contributed by atoms with van der Waals surface area (Å²) in [6.07, 6.45) is 7.01. The summed E-state index contributed by atoms with van der Waals surface area (Å²) >= 11 is 0. The van der Waals surface area contributed by atoms with E-state index in [-0.39, 0.29) is 11.4 Å². The van der Waals surface area contributed by atoms with Crippen molar-refractivity contribution >= 4 is 5.91 Å². The Bertz CT molecular complexity index is 275. The fourth-order valence-electron chi connectivity index (χ4n) is 3.14. The smallest absolute Gasteiger partial charge is 0.223 e. The van der Waals surface area contributed by atoms with Gasteiger partial charge in [0.2, 0.25) is 5.91 Å². The Morgan fingerprint density at radius 3 is 2.47 bits per heavy atom. The molecule has 2 unspecified atom stereocenters. The zero-order valence-electron chi connectivity index (χ0n) is 9.17. The molecule has 3 rings (SSSR count). The Labute approximate surface area is 90.8 Å². The molecule has 2 atom stereocenters. The second-order valence-electron chi connectivity index (χ2n) is 5.86. The summed E-state index contributed by atoms with van der Waals surface area (Å²) in [5, 5.41) is 3.04. The van der Waals surface area contributed by atoms with Crippen LogP contribution < -0.4 is 11.1 Å². The standard InChI is InChI=1S/C12H20N2O/c13-12(2-1-3-12)7-14-11(15)10-5-8-4-9(8)6-10/h8-10H,1-7,13H2,(H,14,15). The molecule has 3 heteroatoms. The first-order valence-electron chi connectivity index (χ1n) is 6.23. The topological polar surface area (TPSA) is 55.1 Å². The van der Waals surface area contributed by atoms with Crippen LogP contribution in [0, 0.1) is 17.8 Å². The molecule has 1 amide bonds. The molecular formula is C12H20N2O. The summed E-state index contributed by atoms with van der Waals surface area (Å²) in [6, 6.07) is 0. The van der Waals surface area contributed by atoms with Crippen molar-refractivity contribution in [3.63, 3.8) is 0 Å². The molecule has 3 aliphatic rings. The van der Waals surface area contributed by atoms with Crippen molar-refractivity contribution in [1.82, 2.24) is 5.32 Å². The van der Waals surface area contributed by atoms with Crippen molar-refractivity contribution in [3.8, 4) is 0 Å². The van der Waals surface area contributed by atoms with Gasteiger partial charge in [0.05, 0.1) is 0 Å². The number of amides is 1. The van der Waals surface area contributed by atoms with E-state index in [9.17, 15) is 4.79 Å². The van der Waals surface area contributed by atoms with Gasteiger partial charge >= 0.3 is 0 Å². The van der Waals surface area contributed by atoms with Gasteiger partial charge in [-0.2, -0.15) is 0 Å². The summed E-state index contributed by atoms with van der Waals surface area (Å²) in [5.74, 6) is 2.34. The highest BCUT2D eigenvalue weighted by molar-refractivity contribution is 5.79. The fourth-order valence-corrected chi connectivity index (χ4v) is 3.14. The van der Waals surface area contributed by atoms with Crippen molar-refractivity contribution in [3.05, 3.63) is 0 Å². The van der Waals surface area contributed by atoms with Gasteiger partial charge in [-0.15, -0.1) is 0 Å². The molecule has 0 aromatic carbocycles. The van der Waals surface area contributed by atoms with Crippen molar-refractivity contribution in [2.24, 2.45) is 23.5 Å². The molecule has 3 aliphatic carbocycles. The van der Waals surface area contributed by atoms with Crippen LogP contribution in [-0.4, -0.2) is 18.0 Å². The van der Waals surface area contributed by atoms with Gasteiger partial charge in [-0.3, -0.25) is 4.79 Å². The number of hydrogen-bond donors (Lipinski definition) is 2. The minimum Gasteiger partial charge on any atom is -0.354 e. The quantitative estimate of drug-likeness (QED) is 0.728. The monoisotopic (exact) mass is 208 g/mol. The Hall–Kier alpha value is -0.570. The first kappa shape index (κ1) is 9.64. The largest absolute Gasteiger partial charge is 0.354 e. The van der Waals surface area contributed by atoms with Crippen LogP contribution in [0.25, 0.3) is 0 Å². The lowest BCUT2D eigenvalue weighted by atomic mass is 9.77. The van der Waals surface area contributed by atoms with Crippen LogP contribution in [0.2, 0.25) is 0 Å². The van der Waals surface area contributed by atoms with E-state index in [1.165, 1.54) is 12.8 Å². The maximum Gasteiger partial charge on any atom is 0.223 e. The van der Waals surface area contributed by atoms with E-state index in [0.29, 0.717) is 12.5 Å². The van der Waals surface area contributed by atoms with Gasteiger partial charge < -0.3 is 11.1 Å². The summed E-state index contributed by atoms with van der Waals surface area (Å²) in [5.41, 5.74) is 6.00. The predicted octanol–water partition coefficient (Wildman–Crippen LogP) is 1.03. The second-order valence-corrected chi connectivity index (χ2v) is 5.86. The summed E-state index contributed by atoms with van der Waals surface area (Å²) < 4.78 is 0. The lowest BCUT2D eigenvalue weighted by Crippen LogP contribution is -2.55. The highest BCUT2D eigenvalue weighted by Crippen LogP contribution is 2.54. The molecule has 3 N–H and O–H groups in total. The molecule has 15 heavy (non-hydrogen) atoms. The maximum atomic E-state index is 11.8. The zero-order chi connectivity index (χ0) is 10.5. The van der Waals surface area contributed by atoms with E-state index in [4.69, 9.17) is 5.73 Å². The van der Waals surface area contributed by atoms with Crippen LogP contribution in [0.4, 0.5) is 0 Å². The molecule has 0 heterocycles. The summed E-state index contributed by atoms with van der Waals surface area (Å²) in [6.45, 7) is 0.692. The Morgan fingerprint density at radius 2 is 1.93 bits per heavy atom. The van der Waals surface area contributed by atoms with Crippen LogP contribution in [-0.2, 0) is 4.79 Å². The maximum absolute atomic E-state index is 11.8. The molecule has 3 saturated carbocycles. The molecule has 0 aliphatic heterocycles. The van der Waals surface area contributed by atoms with Crippen molar-refractivity contribution in [2.75, 3.05) is 6.54 Å². The van der Waals surface area contributed by atoms with Gasteiger partial charge in [-0.25, -0.2) is 0 Å². The van der Waals surface area contributed by atoms with Crippen LogP contribution in [0.3, 0.4) is 0 Å². The molecular weight excluding hydrogens is 188 g/mol. The predicted molar refractivity (Wildman–Crippen MR) is 58.1 cm³/mol. The van der Waals surface area contributed by atoms with Gasteiger partial charge in [0, 0.05) is 18.0 Å². The van der Waals surface area contributed by atoms with Crippen molar-refractivity contribution < 1.29 is 4.79 Å². The Balaban J connectivity index is 1.45. The summed E-state index contributed by atoms with van der Waals surface area (Å²) in [7, 11) is 0. The average molecular weight is 208 g/mol. The third kappa shape index (κ3) is 1.78. The number of carbonyl (C=O) groups excluding carboxylic acids is 1. The molecule has 0 saturated heterocycles. The number of nitrogens with one attached hydrogen (secondary N) is 1. The van der Waals surface area contributed by atoms with E-state index < -0.39 is 0 Å². The van der Waals surface area contributed by atoms with E-state index in [2.05, 4.69) is 5.32 Å². The zero-order valence-corrected chi connectivity index (χ0v) is 9.17. The van der Waals surface area contributed by atoms with Gasteiger partial charge in [0.15, 0.2) is 0 Å². The molecule has 0 spiro atoms. The number of nitrogens with two attached hydrogens (primary N) is 1. The first-order chi connectivity index (χ1) is 7.16. The normalized spacial score (nSPS) is 40.5. The Kier molecular flexibility index (Phi) is 2.06. The molecule has 3 fully saturated rings. The van der Waals surface area contributed by atoms with E-state index in [1.54, 1.807) is 0 Å². The molecule has 84 valence electrons. The molecule has 0 bridgehead atoms. The minimum absolute atomic E-state index is 0.0722. The molecule has 0 aromatic heterocycles. The SMILES string of the molecule is NC1(CNC(=O)C2CC3CC3C2)CCC1. The van der Waals surface area contributed by atoms with Crippen LogP contribution in [0.15, 0.2) is 0 Å². The number of rotatable bonds is 3. The van der Waals surface area contributed by atoms with Crippen LogP contribution in [0.5, 0.6) is 0 Å². The highest BCUT2D eigenvalue weighted by Gasteiger charge is 2.48. The van der Waals surface area contributed by atoms with Gasteiger partial charge in [-0.05, 0) is 50.4 Å². The fraction of sp³-hybridized carbons (Fsp3) is 0.917. The van der Waals surface area contributed by atoms with E-state index in [1.807, 2.05) is 0 Å². The first-order valence-corrected chi connectivity index (χ1v) is 6.23. The lowest BCUT2D eigenvalue weighted by Gasteiger charge is -2.38. The Morgan fingerprint density at radius 1 is 1.27 bits per heavy atom. The highest BCUT2D eigenvalue weighted by atomic mass is 16.1. The average Bonchev–Trinajstić information content (AvgIpc) is 2.79. The van der Waals surface area contributed by atoms with Crippen LogP contribution in [0.1, 0.15) is 38.5 Å². The minimum atomic E-state index is -0.0722. The van der Waals surface area contributed by atoms with Crippen LogP contribution >= 0.6 is 0 Å².